The fourth-order valence-corrected chi connectivity index (χ4v) is 2.61. The molecule has 1 atom stereocenters. The van der Waals surface area contributed by atoms with Gasteiger partial charge in [0.2, 0.25) is 5.91 Å². The van der Waals surface area contributed by atoms with Gasteiger partial charge in [0.15, 0.2) is 0 Å². The standard InChI is InChI=1S/C11H20N2O/c1-8(2)9-10(14)13-11(12-9)6-4-3-5-7-11/h8-9,12H,3-7H2,1-2H3,(H,13,14). The van der Waals surface area contributed by atoms with Crippen molar-refractivity contribution in [2.75, 3.05) is 0 Å². The summed E-state index contributed by atoms with van der Waals surface area (Å²) >= 11 is 0. The molecule has 2 aliphatic rings. The highest BCUT2D eigenvalue weighted by atomic mass is 16.2. The minimum atomic E-state index is -0.0513. The lowest BCUT2D eigenvalue weighted by Gasteiger charge is -2.34. The van der Waals surface area contributed by atoms with Crippen molar-refractivity contribution in [1.29, 1.82) is 0 Å². The SMILES string of the molecule is CC(C)C1NC2(CCCCC2)NC1=O. The van der Waals surface area contributed by atoms with E-state index in [1.54, 1.807) is 0 Å². The monoisotopic (exact) mass is 196 g/mol. The maximum absolute atomic E-state index is 11.7. The summed E-state index contributed by atoms with van der Waals surface area (Å²) in [5.74, 6) is 0.582. The molecule has 2 rings (SSSR count). The van der Waals surface area contributed by atoms with Crippen LogP contribution in [0.1, 0.15) is 46.0 Å². The molecule has 2 fully saturated rings. The van der Waals surface area contributed by atoms with Crippen molar-refractivity contribution in [3.05, 3.63) is 0 Å². The Bertz CT molecular complexity index is 231. The first-order valence-electron chi connectivity index (χ1n) is 5.73. The summed E-state index contributed by atoms with van der Waals surface area (Å²) in [6.45, 7) is 4.19. The lowest BCUT2D eigenvalue weighted by molar-refractivity contribution is -0.121. The van der Waals surface area contributed by atoms with E-state index in [1.807, 2.05) is 0 Å². The molecule has 1 unspecified atom stereocenters. The number of rotatable bonds is 1. The molecule has 1 heterocycles. The minimum absolute atomic E-state index is 0.0214. The predicted octanol–water partition coefficient (Wildman–Crippen LogP) is 1.39. The van der Waals surface area contributed by atoms with E-state index in [2.05, 4.69) is 24.5 Å². The molecular formula is C11H20N2O. The summed E-state index contributed by atoms with van der Waals surface area (Å²) in [5, 5.41) is 6.65. The zero-order valence-electron chi connectivity index (χ0n) is 9.10. The fraction of sp³-hybridized carbons (Fsp3) is 0.909. The first-order valence-corrected chi connectivity index (χ1v) is 5.73. The van der Waals surface area contributed by atoms with Crippen LogP contribution in [0.3, 0.4) is 0 Å². The average Bonchev–Trinajstić information content (AvgIpc) is 2.44. The lowest BCUT2D eigenvalue weighted by Crippen LogP contribution is -2.52. The third kappa shape index (κ3) is 1.65. The van der Waals surface area contributed by atoms with E-state index in [0.717, 1.165) is 12.8 Å². The van der Waals surface area contributed by atoms with Crippen LogP contribution in [-0.4, -0.2) is 17.6 Å². The van der Waals surface area contributed by atoms with Gasteiger partial charge in [-0.05, 0) is 31.6 Å². The number of hydrogen-bond acceptors (Lipinski definition) is 2. The van der Waals surface area contributed by atoms with E-state index in [4.69, 9.17) is 0 Å². The van der Waals surface area contributed by atoms with Crippen LogP contribution >= 0.6 is 0 Å². The molecule has 1 spiro atoms. The van der Waals surface area contributed by atoms with E-state index in [0.29, 0.717) is 5.92 Å². The van der Waals surface area contributed by atoms with Crippen molar-refractivity contribution in [3.8, 4) is 0 Å². The summed E-state index contributed by atoms with van der Waals surface area (Å²) in [6, 6.07) is 0.0214. The second-order valence-electron chi connectivity index (χ2n) is 5.00. The minimum Gasteiger partial charge on any atom is -0.337 e. The van der Waals surface area contributed by atoms with Gasteiger partial charge < -0.3 is 5.32 Å². The first kappa shape index (κ1) is 9.97. The van der Waals surface area contributed by atoms with Crippen LogP contribution in [0, 0.1) is 5.92 Å². The quantitative estimate of drug-likeness (QED) is 0.665. The summed E-state index contributed by atoms with van der Waals surface area (Å²) in [4.78, 5) is 11.7. The third-order valence-corrected chi connectivity index (χ3v) is 3.45. The second kappa shape index (κ2) is 3.54. The van der Waals surface area contributed by atoms with Gasteiger partial charge in [0.25, 0.3) is 0 Å². The Morgan fingerprint density at radius 1 is 1.29 bits per heavy atom. The molecule has 0 aromatic carbocycles. The van der Waals surface area contributed by atoms with Crippen LogP contribution in [0.25, 0.3) is 0 Å². The van der Waals surface area contributed by atoms with Crippen LogP contribution in [-0.2, 0) is 4.79 Å². The van der Waals surface area contributed by atoms with Gasteiger partial charge in [0, 0.05) is 0 Å². The molecule has 1 aliphatic carbocycles. The fourth-order valence-electron chi connectivity index (χ4n) is 2.61. The number of carbonyl (C=O) groups is 1. The molecule has 1 aliphatic heterocycles. The molecule has 1 saturated heterocycles. The van der Waals surface area contributed by atoms with Crippen molar-refractivity contribution in [1.82, 2.24) is 10.6 Å². The number of hydrogen-bond donors (Lipinski definition) is 2. The van der Waals surface area contributed by atoms with Crippen LogP contribution in [0.4, 0.5) is 0 Å². The zero-order valence-corrected chi connectivity index (χ0v) is 9.10. The average molecular weight is 196 g/mol. The summed E-state index contributed by atoms with van der Waals surface area (Å²) < 4.78 is 0. The maximum Gasteiger partial charge on any atom is 0.238 e. The second-order valence-corrected chi connectivity index (χ2v) is 5.00. The Balaban J connectivity index is 2.07. The largest absolute Gasteiger partial charge is 0.337 e. The van der Waals surface area contributed by atoms with E-state index in [9.17, 15) is 4.79 Å². The summed E-state index contributed by atoms with van der Waals surface area (Å²) in [5.41, 5.74) is -0.0513. The lowest BCUT2D eigenvalue weighted by atomic mass is 9.89. The highest BCUT2D eigenvalue weighted by molar-refractivity contribution is 5.85. The van der Waals surface area contributed by atoms with Crippen LogP contribution in [0.2, 0.25) is 0 Å². The predicted molar refractivity (Wildman–Crippen MR) is 55.7 cm³/mol. The van der Waals surface area contributed by atoms with Gasteiger partial charge in [-0.3, -0.25) is 10.1 Å². The van der Waals surface area contributed by atoms with Gasteiger partial charge >= 0.3 is 0 Å². The smallest absolute Gasteiger partial charge is 0.238 e. The van der Waals surface area contributed by atoms with Crippen molar-refractivity contribution in [2.45, 2.75) is 57.7 Å². The molecule has 0 aromatic heterocycles. The van der Waals surface area contributed by atoms with Gasteiger partial charge in [-0.1, -0.05) is 20.3 Å². The highest BCUT2D eigenvalue weighted by Crippen LogP contribution is 2.30. The normalized spacial score (nSPS) is 31.1. The van der Waals surface area contributed by atoms with Crippen LogP contribution in [0.5, 0.6) is 0 Å². The molecule has 0 radical (unpaired) electrons. The first-order chi connectivity index (χ1) is 6.63. The molecule has 14 heavy (non-hydrogen) atoms. The molecule has 3 heteroatoms. The van der Waals surface area contributed by atoms with Gasteiger partial charge in [-0.2, -0.15) is 0 Å². The molecular weight excluding hydrogens is 176 g/mol. The molecule has 2 N–H and O–H groups in total. The molecule has 3 nitrogen and oxygen atoms in total. The van der Waals surface area contributed by atoms with Gasteiger partial charge in [0.1, 0.15) is 0 Å². The van der Waals surface area contributed by atoms with Gasteiger partial charge in [0.05, 0.1) is 11.7 Å². The zero-order chi connectivity index (χ0) is 10.2. The van der Waals surface area contributed by atoms with Gasteiger partial charge in [-0.25, -0.2) is 0 Å². The number of carbonyl (C=O) groups excluding carboxylic acids is 1. The number of amides is 1. The van der Waals surface area contributed by atoms with E-state index >= 15 is 0 Å². The molecule has 0 aromatic rings. The highest BCUT2D eigenvalue weighted by Gasteiger charge is 2.44. The Hall–Kier alpha value is -0.570. The van der Waals surface area contributed by atoms with Crippen molar-refractivity contribution in [3.63, 3.8) is 0 Å². The van der Waals surface area contributed by atoms with Crippen molar-refractivity contribution in [2.24, 2.45) is 5.92 Å². The Morgan fingerprint density at radius 3 is 2.43 bits per heavy atom. The summed E-state index contributed by atoms with van der Waals surface area (Å²) in [6.07, 6.45) is 5.98. The van der Waals surface area contributed by atoms with E-state index < -0.39 is 0 Å². The third-order valence-electron chi connectivity index (χ3n) is 3.45. The van der Waals surface area contributed by atoms with Crippen molar-refractivity contribution < 1.29 is 4.79 Å². The number of nitrogens with one attached hydrogen (secondary N) is 2. The maximum atomic E-state index is 11.7. The topological polar surface area (TPSA) is 41.1 Å². The van der Waals surface area contributed by atoms with Crippen LogP contribution < -0.4 is 10.6 Å². The molecule has 1 saturated carbocycles. The Labute approximate surface area is 85.6 Å². The molecule has 80 valence electrons. The Morgan fingerprint density at radius 2 is 1.93 bits per heavy atom. The Kier molecular flexibility index (Phi) is 2.52. The van der Waals surface area contributed by atoms with Crippen LogP contribution in [0.15, 0.2) is 0 Å². The van der Waals surface area contributed by atoms with E-state index in [1.165, 1.54) is 19.3 Å². The molecule has 1 amide bonds. The van der Waals surface area contributed by atoms with E-state index in [-0.39, 0.29) is 17.6 Å². The van der Waals surface area contributed by atoms with Gasteiger partial charge in [-0.15, -0.1) is 0 Å². The molecule has 0 bridgehead atoms. The van der Waals surface area contributed by atoms with Crippen molar-refractivity contribution >= 4 is 5.91 Å². The summed E-state index contributed by atoms with van der Waals surface area (Å²) in [7, 11) is 0.